The van der Waals surface area contributed by atoms with E-state index in [9.17, 15) is 0 Å². The number of guanidine groups is 1. The molecule has 96 valence electrons. The lowest BCUT2D eigenvalue weighted by Crippen LogP contribution is -2.58. The molecule has 2 N–H and O–H groups in total. The number of nitrogens with zero attached hydrogens (tertiary/aromatic N) is 2. The highest BCUT2D eigenvalue weighted by atomic mass is 15.4. The molecule has 1 heterocycles. The molecule has 2 atom stereocenters. The maximum Gasteiger partial charge on any atom is 0.192 e. The van der Waals surface area contributed by atoms with Crippen LogP contribution in [-0.2, 0) is 0 Å². The molecular weight excluding hydrogens is 210 g/mol. The van der Waals surface area contributed by atoms with Gasteiger partial charge in [0.05, 0.1) is 12.1 Å². The third kappa shape index (κ3) is 1.96. The Morgan fingerprint density at radius 3 is 2.82 bits per heavy atom. The second-order valence-corrected chi connectivity index (χ2v) is 6.45. The molecule has 0 radical (unpaired) electrons. The van der Waals surface area contributed by atoms with Gasteiger partial charge in [-0.05, 0) is 30.6 Å². The first-order valence-corrected chi connectivity index (χ1v) is 6.60. The molecular formula is C14H25N3. The van der Waals surface area contributed by atoms with Crippen LogP contribution in [0, 0.1) is 11.3 Å². The number of hydrogen-bond donors (Lipinski definition) is 1. The fraction of sp³-hybridized carbons (Fsp3) is 0.786. The molecule has 1 spiro atoms. The Bertz CT molecular complexity index is 345. The van der Waals surface area contributed by atoms with Gasteiger partial charge in [-0.2, -0.15) is 0 Å². The standard InChI is InChI=1S/C14H25N3/c1-5-8-17-12(15)16-10-14(17)7-6-13(3,4)9-11(14)2/h5,11H,1,6-10H2,2-4H3,(H2,15,16). The molecule has 1 saturated carbocycles. The van der Waals surface area contributed by atoms with E-state index in [2.05, 4.69) is 37.2 Å². The van der Waals surface area contributed by atoms with Crippen molar-refractivity contribution in [1.29, 1.82) is 0 Å². The number of hydrogen-bond acceptors (Lipinski definition) is 3. The molecule has 0 aromatic rings. The van der Waals surface area contributed by atoms with Gasteiger partial charge in [0.2, 0.25) is 0 Å². The predicted octanol–water partition coefficient (Wildman–Crippen LogP) is 2.39. The fourth-order valence-electron chi connectivity index (χ4n) is 3.58. The zero-order valence-electron chi connectivity index (χ0n) is 11.4. The minimum Gasteiger partial charge on any atom is -0.370 e. The third-order valence-corrected chi connectivity index (χ3v) is 4.65. The maximum absolute atomic E-state index is 6.03. The first-order valence-electron chi connectivity index (χ1n) is 6.60. The van der Waals surface area contributed by atoms with Gasteiger partial charge in [-0.25, -0.2) is 0 Å². The van der Waals surface area contributed by atoms with Crippen molar-refractivity contribution in [2.75, 3.05) is 13.1 Å². The summed E-state index contributed by atoms with van der Waals surface area (Å²) in [6, 6.07) is 0. The van der Waals surface area contributed by atoms with E-state index in [1.807, 2.05) is 6.08 Å². The highest BCUT2D eigenvalue weighted by molar-refractivity contribution is 5.81. The Morgan fingerprint density at radius 2 is 2.24 bits per heavy atom. The summed E-state index contributed by atoms with van der Waals surface area (Å²) in [6.07, 6.45) is 5.64. The van der Waals surface area contributed by atoms with Crippen molar-refractivity contribution in [2.45, 2.75) is 45.6 Å². The second-order valence-electron chi connectivity index (χ2n) is 6.45. The first-order chi connectivity index (χ1) is 7.91. The Hall–Kier alpha value is -0.990. The second kappa shape index (κ2) is 4.04. The SMILES string of the molecule is C=CCN1C(N)=NCC12CCC(C)(C)CC2C. The highest BCUT2D eigenvalue weighted by Gasteiger charge is 2.50. The summed E-state index contributed by atoms with van der Waals surface area (Å²) in [5, 5.41) is 0. The van der Waals surface area contributed by atoms with Crippen LogP contribution < -0.4 is 5.73 Å². The highest BCUT2D eigenvalue weighted by Crippen LogP contribution is 2.48. The van der Waals surface area contributed by atoms with Crippen molar-refractivity contribution in [1.82, 2.24) is 4.90 Å². The summed E-state index contributed by atoms with van der Waals surface area (Å²) in [5.74, 6) is 1.34. The normalized spacial score (nSPS) is 36.1. The molecule has 2 rings (SSSR count). The van der Waals surface area contributed by atoms with E-state index in [1.165, 1.54) is 19.3 Å². The monoisotopic (exact) mass is 235 g/mol. The minimum absolute atomic E-state index is 0.161. The summed E-state index contributed by atoms with van der Waals surface area (Å²) in [7, 11) is 0. The zero-order chi connectivity index (χ0) is 12.7. The van der Waals surface area contributed by atoms with Gasteiger partial charge in [-0.1, -0.05) is 26.8 Å². The molecule has 0 saturated heterocycles. The van der Waals surface area contributed by atoms with E-state index in [1.54, 1.807) is 0 Å². The molecule has 0 aromatic heterocycles. The van der Waals surface area contributed by atoms with Crippen molar-refractivity contribution >= 4 is 5.96 Å². The lowest BCUT2D eigenvalue weighted by atomic mass is 9.63. The molecule has 0 amide bonds. The molecule has 17 heavy (non-hydrogen) atoms. The summed E-state index contributed by atoms with van der Waals surface area (Å²) in [4.78, 5) is 6.76. The lowest BCUT2D eigenvalue weighted by molar-refractivity contribution is 0.0335. The molecule has 2 unspecified atom stereocenters. The largest absolute Gasteiger partial charge is 0.370 e. The van der Waals surface area contributed by atoms with E-state index in [0.29, 0.717) is 17.3 Å². The number of aliphatic imine (C=N–C) groups is 1. The van der Waals surface area contributed by atoms with Crippen molar-refractivity contribution in [3.05, 3.63) is 12.7 Å². The Labute approximate surface area is 105 Å². The molecule has 0 aromatic carbocycles. The van der Waals surface area contributed by atoms with Crippen LogP contribution in [0.2, 0.25) is 0 Å². The van der Waals surface area contributed by atoms with Crippen LogP contribution in [0.3, 0.4) is 0 Å². The average molecular weight is 235 g/mol. The molecule has 3 nitrogen and oxygen atoms in total. The van der Waals surface area contributed by atoms with Gasteiger partial charge in [0.1, 0.15) is 0 Å². The molecule has 0 bridgehead atoms. The van der Waals surface area contributed by atoms with Gasteiger partial charge in [0.15, 0.2) is 5.96 Å². The van der Waals surface area contributed by atoms with Crippen molar-refractivity contribution in [2.24, 2.45) is 22.1 Å². The van der Waals surface area contributed by atoms with Crippen LogP contribution in [-0.4, -0.2) is 29.5 Å². The number of nitrogens with two attached hydrogens (primary N) is 1. The Balaban J connectivity index is 2.22. The number of rotatable bonds is 2. The van der Waals surface area contributed by atoms with Crippen molar-refractivity contribution < 1.29 is 0 Å². The average Bonchev–Trinajstić information content (AvgIpc) is 2.54. The predicted molar refractivity (Wildman–Crippen MR) is 72.9 cm³/mol. The summed E-state index contributed by atoms with van der Waals surface area (Å²) in [6.45, 7) is 12.6. The molecule has 1 fully saturated rings. The fourth-order valence-corrected chi connectivity index (χ4v) is 3.58. The molecule has 1 aliphatic carbocycles. The maximum atomic E-state index is 6.03. The van der Waals surface area contributed by atoms with Gasteiger partial charge < -0.3 is 10.6 Å². The van der Waals surface area contributed by atoms with Gasteiger partial charge in [-0.15, -0.1) is 6.58 Å². The summed E-state index contributed by atoms with van der Waals surface area (Å²) < 4.78 is 0. The van der Waals surface area contributed by atoms with E-state index < -0.39 is 0 Å². The molecule has 1 aliphatic heterocycles. The quantitative estimate of drug-likeness (QED) is 0.747. The van der Waals surface area contributed by atoms with E-state index in [4.69, 9.17) is 5.73 Å². The summed E-state index contributed by atoms with van der Waals surface area (Å²) >= 11 is 0. The van der Waals surface area contributed by atoms with E-state index in [-0.39, 0.29) is 5.54 Å². The van der Waals surface area contributed by atoms with Crippen LogP contribution in [0.25, 0.3) is 0 Å². The van der Waals surface area contributed by atoms with Crippen LogP contribution in [0.15, 0.2) is 17.6 Å². The topological polar surface area (TPSA) is 41.6 Å². The molecule has 2 aliphatic rings. The third-order valence-electron chi connectivity index (χ3n) is 4.65. The summed E-state index contributed by atoms with van der Waals surface area (Å²) in [5.41, 5.74) is 6.65. The van der Waals surface area contributed by atoms with E-state index in [0.717, 1.165) is 13.1 Å². The van der Waals surface area contributed by atoms with Crippen LogP contribution >= 0.6 is 0 Å². The van der Waals surface area contributed by atoms with Crippen LogP contribution in [0.4, 0.5) is 0 Å². The van der Waals surface area contributed by atoms with Crippen LogP contribution in [0.5, 0.6) is 0 Å². The molecule has 3 heteroatoms. The smallest absolute Gasteiger partial charge is 0.192 e. The zero-order valence-corrected chi connectivity index (χ0v) is 11.4. The van der Waals surface area contributed by atoms with Crippen LogP contribution in [0.1, 0.15) is 40.0 Å². The Morgan fingerprint density at radius 1 is 1.53 bits per heavy atom. The van der Waals surface area contributed by atoms with E-state index >= 15 is 0 Å². The van der Waals surface area contributed by atoms with Gasteiger partial charge >= 0.3 is 0 Å². The first kappa shape index (κ1) is 12.5. The van der Waals surface area contributed by atoms with Gasteiger partial charge in [-0.3, -0.25) is 4.99 Å². The van der Waals surface area contributed by atoms with Crippen molar-refractivity contribution in [3.63, 3.8) is 0 Å². The minimum atomic E-state index is 0.161. The Kier molecular flexibility index (Phi) is 2.96. The van der Waals surface area contributed by atoms with Crippen molar-refractivity contribution in [3.8, 4) is 0 Å². The van der Waals surface area contributed by atoms with Gasteiger partial charge in [0.25, 0.3) is 0 Å². The van der Waals surface area contributed by atoms with Gasteiger partial charge in [0, 0.05) is 6.54 Å². The lowest BCUT2D eigenvalue weighted by Gasteiger charge is -2.50.